The van der Waals surface area contributed by atoms with Crippen molar-refractivity contribution >= 4 is 49.8 Å². The van der Waals surface area contributed by atoms with E-state index in [1.54, 1.807) is 30.6 Å². The van der Waals surface area contributed by atoms with Crippen LogP contribution in [0.3, 0.4) is 0 Å². The minimum Gasteiger partial charge on any atom is -0.340 e. The van der Waals surface area contributed by atoms with E-state index < -0.39 is 10.0 Å². The highest BCUT2D eigenvalue weighted by molar-refractivity contribution is 7.92. The zero-order chi connectivity index (χ0) is 22.9. The van der Waals surface area contributed by atoms with Crippen molar-refractivity contribution in [2.24, 2.45) is 7.05 Å². The monoisotopic (exact) mass is 489 g/mol. The largest absolute Gasteiger partial charge is 0.340 e. The second-order valence-corrected chi connectivity index (χ2v) is 9.96. The van der Waals surface area contributed by atoms with Gasteiger partial charge in [0.2, 0.25) is 0 Å². The van der Waals surface area contributed by atoms with E-state index in [-0.39, 0.29) is 15.6 Å². The molecule has 32 heavy (non-hydrogen) atoms. The van der Waals surface area contributed by atoms with Gasteiger partial charge in [0.15, 0.2) is 0 Å². The second kappa shape index (κ2) is 9.07. The third-order valence-electron chi connectivity index (χ3n) is 4.88. The molecule has 0 bridgehead atoms. The molecule has 0 aliphatic rings. The van der Waals surface area contributed by atoms with Crippen molar-refractivity contribution in [1.82, 2.24) is 19.9 Å². The summed E-state index contributed by atoms with van der Waals surface area (Å²) in [7, 11) is -1.95. The average molecular weight is 490 g/mol. The molecule has 0 aliphatic carbocycles. The lowest BCUT2D eigenvalue weighted by Gasteiger charge is -2.14. The molecule has 7 nitrogen and oxygen atoms in total. The highest BCUT2D eigenvalue weighted by Gasteiger charge is 2.20. The number of nitrogens with one attached hydrogen (secondary N) is 2. The SMILES string of the molecule is Cc1ccc(S(=O)(=O)Nc2c(Cl)cc(Cl)c3ccc(CNCc4cn(C)cn4)nc23)cc1. The van der Waals surface area contributed by atoms with E-state index in [0.717, 1.165) is 11.3 Å². The van der Waals surface area contributed by atoms with Crippen molar-refractivity contribution in [3.05, 3.63) is 82.0 Å². The smallest absolute Gasteiger partial charge is 0.262 e. The Labute approximate surface area is 196 Å². The molecule has 0 unspecified atom stereocenters. The maximum absolute atomic E-state index is 13.0. The maximum Gasteiger partial charge on any atom is 0.262 e. The number of anilines is 1. The second-order valence-electron chi connectivity index (χ2n) is 7.47. The lowest BCUT2D eigenvalue weighted by molar-refractivity contribution is 0.601. The van der Waals surface area contributed by atoms with Gasteiger partial charge in [-0.15, -0.1) is 0 Å². The first-order chi connectivity index (χ1) is 15.2. The Kier molecular flexibility index (Phi) is 6.39. The minimum atomic E-state index is -3.86. The molecule has 4 rings (SSSR count). The number of hydrogen-bond donors (Lipinski definition) is 2. The van der Waals surface area contributed by atoms with E-state index in [2.05, 4.69) is 20.0 Å². The number of nitrogens with zero attached hydrogens (tertiary/aromatic N) is 3. The number of pyridine rings is 1. The Morgan fingerprint density at radius 1 is 1.00 bits per heavy atom. The van der Waals surface area contributed by atoms with E-state index in [0.29, 0.717) is 34.7 Å². The van der Waals surface area contributed by atoms with Crippen molar-refractivity contribution in [2.45, 2.75) is 24.9 Å². The average Bonchev–Trinajstić information content (AvgIpc) is 3.16. The summed E-state index contributed by atoms with van der Waals surface area (Å²) in [5.41, 5.74) is 3.16. The summed E-state index contributed by atoms with van der Waals surface area (Å²) >= 11 is 12.7. The molecule has 0 aliphatic heterocycles. The number of fused-ring (bicyclic) bond motifs is 1. The van der Waals surface area contributed by atoms with Gasteiger partial charge in [0.25, 0.3) is 10.0 Å². The van der Waals surface area contributed by atoms with Gasteiger partial charge in [0.1, 0.15) is 0 Å². The van der Waals surface area contributed by atoms with E-state index in [1.165, 1.54) is 6.07 Å². The number of aromatic nitrogens is 3. The normalized spacial score (nSPS) is 11.8. The standard InChI is InChI=1S/C22H21Cl2N5O2S/c1-14-3-6-17(7-4-14)32(30,31)28-22-20(24)9-19(23)18-8-5-15(27-21(18)22)10-25-11-16-12-29(2)13-26-16/h3-9,12-13,25,28H,10-11H2,1-2H3. The summed E-state index contributed by atoms with van der Waals surface area (Å²) in [5, 5.41) is 4.45. The van der Waals surface area contributed by atoms with Gasteiger partial charge in [0.05, 0.1) is 43.9 Å². The summed E-state index contributed by atoms with van der Waals surface area (Å²) < 4.78 is 30.4. The Balaban J connectivity index is 1.65. The highest BCUT2D eigenvalue weighted by atomic mass is 35.5. The number of rotatable bonds is 7. The number of aryl methyl sites for hydroxylation is 2. The molecule has 0 radical (unpaired) electrons. The molecule has 10 heteroatoms. The molecule has 0 spiro atoms. The number of imidazole rings is 1. The van der Waals surface area contributed by atoms with Gasteiger partial charge in [-0.1, -0.05) is 40.9 Å². The number of hydrogen-bond acceptors (Lipinski definition) is 5. The van der Waals surface area contributed by atoms with Crippen molar-refractivity contribution in [3.8, 4) is 0 Å². The fraction of sp³-hybridized carbons (Fsp3) is 0.182. The molecular formula is C22H21Cl2N5O2S. The van der Waals surface area contributed by atoms with Gasteiger partial charge in [-0.05, 0) is 37.3 Å². The Morgan fingerprint density at radius 2 is 1.72 bits per heavy atom. The van der Waals surface area contributed by atoms with Crippen LogP contribution in [-0.4, -0.2) is 23.0 Å². The predicted octanol–water partition coefficient (Wildman–Crippen LogP) is 4.67. The number of halogens is 2. The molecular weight excluding hydrogens is 469 g/mol. The van der Waals surface area contributed by atoms with Crippen molar-refractivity contribution in [2.75, 3.05) is 4.72 Å². The van der Waals surface area contributed by atoms with E-state index in [1.807, 2.05) is 36.9 Å². The fourth-order valence-corrected chi connectivity index (χ4v) is 4.95. The van der Waals surface area contributed by atoms with Crippen LogP contribution in [-0.2, 0) is 30.2 Å². The summed E-state index contributed by atoms with van der Waals surface area (Å²) in [6, 6.07) is 11.7. The molecule has 0 atom stereocenters. The molecule has 0 fully saturated rings. The van der Waals surface area contributed by atoms with Gasteiger partial charge >= 0.3 is 0 Å². The Hall–Kier alpha value is -2.65. The topological polar surface area (TPSA) is 88.9 Å². The summed E-state index contributed by atoms with van der Waals surface area (Å²) in [5.74, 6) is 0. The lowest BCUT2D eigenvalue weighted by Crippen LogP contribution is -2.15. The van der Waals surface area contributed by atoms with Gasteiger partial charge in [0, 0.05) is 31.7 Å². The summed E-state index contributed by atoms with van der Waals surface area (Å²) in [4.78, 5) is 9.05. The van der Waals surface area contributed by atoms with Gasteiger partial charge < -0.3 is 9.88 Å². The molecule has 0 saturated carbocycles. The maximum atomic E-state index is 13.0. The molecule has 0 amide bonds. The first kappa shape index (κ1) is 22.5. The van der Waals surface area contributed by atoms with Crippen LogP contribution < -0.4 is 10.0 Å². The molecule has 0 saturated heterocycles. The van der Waals surface area contributed by atoms with Crippen LogP contribution in [0.25, 0.3) is 10.9 Å². The quantitative estimate of drug-likeness (QED) is 0.393. The van der Waals surface area contributed by atoms with Gasteiger partial charge in [-0.3, -0.25) is 4.72 Å². The van der Waals surface area contributed by atoms with E-state index >= 15 is 0 Å². The lowest BCUT2D eigenvalue weighted by atomic mass is 10.1. The van der Waals surface area contributed by atoms with Crippen molar-refractivity contribution in [3.63, 3.8) is 0 Å². The van der Waals surface area contributed by atoms with Crippen molar-refractivity contribution in [1.29, 1.82) is 0 Å². The molecule has 2 aromatic heterocycles. The van der Waals surface area contributed by atoms with Crippen LogP contribution in [0.2, 0.25) is 10.0 Å². The first-order valence-electron chi connectivity index (χ1n) is 9.77. The van der Waals surface area contributed by atoms with Crippen LogP contribution in [0, 0.1) is 6.92 Å². The number of sulfonamides is 1. The van der Waals surface area contributed by atoms with Crippen molar-refractivity contribution < 1.29 is 8.42 Å². The molecule has 2 aromatic carbocycles. The van der Waals surface area contributed by atoms with Gasteiger partial charge in [-0.25, -0.2) is 18.4 Å². The molecule has 2 N–H and O–H groups in total. The van der Waals surface area contributed by atoms with Crippen LogP contribution in [0.15, 0.2) is 59.9 Å². The number of benzene rings is 2. The van der Waals surface area contributed by atoms with Crippen LogP contribution in [0.1, 0.15) is 17.0 Å². The van der Waals surface area contributed by atoms with Gasteiger partial charge in [-0.2, -0.15) is 0 Å². The Morgan fingerprint density at radius 3 is 2.41 bits per heavy atom. The third kappa shape index (κ3) is 4.88. The minimum absolute atomic E-state index is 0.135. The first-order valence-corrected chi connectivity index (χ1v) is 12.0. The van der Waals surface area contributed by atoms with E-state index in [9.17, 15) is 8.42 Å². The third-order valence-corrected chi connectivity index (χ3v) is 6.85. The zero-order valence-electron chi connectivity index (χ0n) is 17.4. The summed E-state index contributed by atoms with van der Waals surface area (Å²) in [6.45, 7) is 2.92. The predicted molar refractivity (Wildman–Crippen MR) is 128 cm³/mol. The molecule has 2 heterocycles. The Bertz CT molecular complexity index is 1390. The zero-order valence-corrected chi connectivity index (χ0v) is 19.8. The van der Waals surface area contributed by atoms with Crippen LogP contribution >= 0.6 is 23.2 Å². The van der Waals surface area contributed by atoms with E-state index in [4.69, 9.17) is 23.2 Å². The molecule has 166 valence electrons. The fourth-order valence-electron chi connectivity index (χ4n) is 3.24. The summed E-state index contributed by atoms with van der Waals surface area (Å²) in [6.07, 6.45) is 3.67. The molecule has 4 aromatic rings. The van der Waals surface area contributed by atoms with Crippen LogP contribution in [0.4, 0.5) is 5.69 Å². The van der Waals surface area contributed by atoms with Crippen LogP contribution in [0.5, 0.6) is 0 Å². The highest BCUT2D eigenvalue weighted by Crippen LogP contribution is 2.36.